The number of carbonyl (C=O) groups is 1. The van der Waals surface area contributed by atoms with E-state index in [1.807, 2.05) is 5.38 Å². The maximum Gasteiger partial charge on any atom is 0.258 e. The van der Waals surface area contributed by atoms with Crippen LogP contribution in [0.25, 0.3) is 0 Å². The molecular weight excluding hydrogens is 304 g/mol. The van der Waals surface area contributed by atoms with Crippen molar-refractivity contribution in [3.63, 3.8) is 0 Å². The molecule has 3 rings (SSSR count). The van der Waals surface area contributed by atoms with Crippen LogP contribution in [0.2, 0.25) is 0 Å². The van der Waals surface area contributed by atoms with E-state index in [0.717, 1.165) is 10.6 Å². The molecule has 2 aromatic heterocycles. The van der Waals surface area contributed by atoms with E-state index in [1.54, 1.807) is 11.4 Å². The highest BCUT2D eigenvalue weighted by Gasteiger charge is 2.26. The van der Waals surface area contributed by atoms with Crippen molar-refractivity contribution in [2.24, 2.45) is 0 Å². The van der Waals surface area contributed by atoms with Gasteiger partial charge in [0, 0.05) is 23.1 Å². The molecule has 0 unspecified atom stereocenters. The molecule has 0 aromatic carbocycles. The standard InChI is InChI=1S/C15H14N2O2S2/c18-6-2-1-3-12-7-11(8-20-12)14(19)17-15-16-13(9-21-15)10-4-5-10/h7-10,18H,2,4-6H2,(H,16,17,19). The lowest BCUT2D eigenvalue weighted by molar-refractivity contribution is 0.102. The number of amides is 1. The van der Waals surface area contributed by atoms with Gasteiger partial charge in [0.15, 0.2) is 5.13 Å². The molecule has 2 N–H and O–H groups in total. The molecule has 1 amide bonds. The first-order valence-corrected chi connectivity index (χ1v) is 8.47. The highest BCUT2D eigenvalue weighted by atomic mass is 32.1. The Bertz CT molecular complexity index is 705. The smallest absolute Gasteiger partial charge is 0.258 e. The first kappa shape index (κ1) is 14.3. The van der Waals surface area contributed by atoms with Gasteiger partial charge in [0.2, 0.25) is 0 Å². The van der Waals surface area contributed by atoms with Crippen molar-refractivity contribution in [1.82, 2.24) is 4.98 Å². The lowest BCUT2D eigenvalue weighted by Gasteiger charge is -1.97. The third kappa shape index (κ3) is 3.70. The lowest BCUT2D eigenvalue weighted by Crippen LogP contribution is -2.10. The van der Waals surface area contributed by atoms with E-state index in [4.69, 9.17) is 5.11 Å². The summed E-state index contributed by atoms with van der Waals surface area (Å²) >= 11 is 2.90. The Hall–Kier alpha value is -1.68. The van der Waals surface area contributed by atoms with E-state index < -0.39 is 0 Å². The summed E-state index contributed by atoms with van der Waals surface area (Å²) in [6.45, 7) is 0.0547. The molecule has 0 bridgehead atoms. The molecule has 2 heterocycles. The van der Waals surface area contributed by atoms with Crippen LogP contribution in [-0.2, 0) is 0 Å². The van der Waals surface area contributed by atoms with Gasteiger partial charge >= 0.3 is 0 Å². The zero-order valence-corrected chi connectivity index (χ0v) is 12.9. The number of aliphatic hydroxyl groups excluding tert-OH is 1. The minimum atomic E-state index is -0.154. The highest BCUT2D eigenvalue weighted by Crippen LogP contribution is 2.40. The Morgan fingerprint density at radius 3 is 3.05 bits per heavy atom. The number of aliphatic hydroxyl groups is 1. The van der Waals surface area contributed by atoms with Gasteiger partial charge in [-0.3, -0.25) is 10.1 Å². The highest BCUT2D eigenvalue weighted by molar-refractivity contribution is 7.14. The van der Waals surface area contributed by atoms with Crippen LogP contribution < -0.4 is 5.32 Å². The molecule has 4 nitrogen and oxygen atoms in total. The molecule has 1 fully saturated rings. The molecule has 6 heteroatoms. The van der Waals surface area contributed by atoms with Gasteiger partial charge in [-0.1, -0.05) is 11.8 Å². The van der Waals surface area contributed by atoms with Gasteiger partial charge in [0.05, 0.1) is 22.7 Å². The summed E-state index contributed by atoms with van der Waals surface area (Å²) in [4.78, 5) is 17.4. The summed E-state index contributed by atoms with van der Waals surface area (Å²) in [7, 11) is 0. The number of rotatable bonds is 4. The number of hydrogen-bond acceptors (Lipinski definition) is 5. The molecule has 21 heavy (non-hydrogen) atoms. The van der Waals surface area contributed by atoms with Gasteiger partial charge in [-0.05, 0) is 18.9 Å². The topological polar surface area (TPSA) is 62.2 Å². The molecule has 0 aliphatic heterocycles. The Balaban J connectivity index is 1.63. The van der Waals surface area contributed by atoms with Crippen molar-refractivity contribution in [2.75, 3.05) is 11.9 Å². The number of hydrogen-bond donors (Lipinski definition) is 2. The summed E-state index contributed by atoms with van der Waals surface area (Å²) in [6.07, 6.45) is 2.86. The molecule has 108 valence electrons. The lowest BCUT2D eigenvalue weighted by atomic mass is 10.3. The third-order valence-electron chi connectivity index (χ3n) is 3.05. The average molecular weight is 318 g/mol. The van der Waals surface area contributed by atoms with Crippen molar-refractivity contribution in [1.29, 1.82) is 0 Å². The monoisotopic (exact) mass is 318 g/mol. The number of nitrogens with zero attached hydrogens (tertiary/aromatic N) is 1. The molecule has 0 radical (unpaired) electrons. The number of thiophene rings is 1. The molecule has 0 spiro atoms. The van der Waals surface area contributed by atoms with Crippen molar-refractivity contribution in [3.8, 4) is 11.8 Å². The van der Waals surface area contributed by atoms with E-state index in [0.29, 0.717) is 23.0 Å². The Labute approximate surface area is 130 Å². The second-order valence-corrected chi connectivity index (χ2v) is 6.55. The zero-order chi connectivity index (χ0) is 14.7. The van der Waals surface area contributed by atoms with Gasteiger partial charge in [0.1, 0.15) is 0 Å². The summed E-state index contributed by atoms with van der Waals surface area (Å²) in [5, 5.41) is 16.0. The van der Waals surface area contributed by atoms with E-state index in [2.05, 4.69) is 22.1 Å². The predicted molar refractivity (Wildman–Crippen MR) is 84.9 cm³/mol. The summed E-state index contributed by atoms with van der Waals surface area (Å²) in [6, 6.07) is 1.76. The van der Waals surface area contributed by atoms with Gasteiger partial charge in [0.25, 0.3) is 5.91 Å². The fourth-order valence-corrected chi connectivity index (χ4v) is 3.35. The van der Waals surface area contributed by atoms with Crippen molar-refractivity contribution in [3.05, 3.63) is 33.0 Å². The summed E-state index contributed by atoms with van der Waals surface area (Å²) in [5.74, 6) is 6.22. The van der Waals surface area contributed by atoms with E-state index >= 15 is 0 Å². The van der Waals surface area contributed by atoms with Gasteiger partial charge in [-0.2, -0.15) is 0 Å². The van der Waals surface area contributed by atoms with Crippen molar-refractivity contribution >= 4 is 33.7 Å². The Morgan fingerprint density at radius 1 is 1.43 bits per heavy atom. The second-order valence-electron chi connectivity index (χ2n) is 4.78. The van der Waals surface area contributed by atoms with Crippen LogP contribution in [0.15, 0.2) is 16.8 Å². The molecular formula is C15H14N2O2S2. The molecule has 1 saturated carbocycles. The first-order valence-electron chi connectivity index (χ1n) is 6.71. The summed E-state index contributed by atoms with van der Waals surface area (Å²) < 4.78 is 0. The van der Waals surface area contributed by atoms with Crippen LogP contribution in [-0.4, -0.2) is 22.6 Å². The van der Waals surface area contributed by atoms with Crippen molar-refractivity contribution in [2.45, 2.75) is 25.2 Å². The number of carbonyl (C=O) groups excluding carboxylic acids is 1. The van der Waals surface area contributed by atoms with E-state index in [-0.39, 0.29) is 12.5 Å². The molecule has 0 atom stereocenters. The van der Waals surface area contributed by atoms with Crippen LogP contribution in [0.1, 0.15) is 46.1 Å². The van der Waals surface area contributed by atoms with Crippen LogP contribution in [0.4, 0.5) is 5.13 Å². The van der Waals surface area contributed by atoms with E-state index in [9.17, 15) is 4.79 Å². The number of nitrogens with one attached hydrogen (secondary N) is 1. The number of thiazole rings is 1. The predicted octanol–water partition coefficient (Wildman–Crippen LogP) is 3.07. The van der Waals surface area contributed by atoms with Crippen LogP contribution in [0.5, 0.6) is 0 Å². The minimum absolute atomic E-state index is 0.0547. The molecule has 1 aliphatic rings. The molecule has 0 saturated heterocycles. The van der Waals surface area contributed by atoms with Gasteiger partial charge < -0.3 is 5.11 Å². The maximum absolute atomic E-state index is 12.1. The fourth-order valence-electron chi connectivity index (χ4n) is 1.81. The largest absolute Gasteiger partial charge is 0.395 e. The number of anilines is 1. The SMILES string of the molecule is O=C(Nc1nc(C2CC2)cs1)c1csc(C#CCCO)c1. The second kappa shape index (κ2) is 6.39. The number of aromatic nitrogens is 1. The third-order valence-corrected chi connectivity index (χ3v) is 4.67. The van der Waals surface area contributed by atoms with Crippen LogP contribution in [0.3, 0.4) is 0 Å². The molecule has 1 aliphatic carbocycles. The summed E-state index contributed by atoms with van der Waals surface area (Å²) in [5.41, 5.74) is 1.69. The van der Waals surface area contributed by atoms with E-state index in [1.165, 1.54) is 35.5 Å². The minimum Gasteiger partial charge on any atom is -0.395 e. The van der Waals surface area contributed by atoms with Gasteiger partial charge in [-0.15, -0.1) is 22.7 Å². The maximum atomic E-state index is 12.1. The van der Waals surface area contributed by atoms with Gasteiger partial charge in [-0.25, -0.2) is 4.98 Å². The molecule has 2 aromatic rings. The first-order chi connectivity index (χ1) is 10.3. The quantitative estimate of drug-likeness (QED) is 0.852. The Morgan fingerprint density at radius 2 is 2.29 bits per heavy atom. The Kier molecular flexibility index (Phi) is 4.34. The fraction of sp³-hybridized carbons (Fsp3) is 0.333. The van der Waals surface area contributed by atoms with Crippen LogP contribution >= 0.6 is 22.7 Å². The van der Waals surface area contributed by atoms with Crippen LogP contribution in [0, 0.1) is 11.8 Å². The zero-order valence-electron chi connectivity index (χ0n) is 11.3. The van der Waals surface area contributed by atoms with Crippen molar-refractivity contribution < 1.29 is 9.90 Å². The average Bonchev–Trinajstić information content (AvgIpc) is 3.04. The normalized spacial score (nSPS) is 13.6.